The maximum atomic E-state index is 9.84. The van der Waals surface area contributed by atoms with Gasteiger partial charge in [-0.15, -0.1) is 0 Å². The summed E-state index contributed by atoms with van der Waals surface area (Å²) in [6, 6.07) is 7.12. The smallest absolute Gasteiger partial charge is 0.343 e. The first-order valence-electron chi connectivity index (χ1n) is 5.72. The summed E-state index contributed by atoms with van der Waals surface area (Å²) in [5.74, 6) is 9.08. The molecule has 0 saturated heterocycles. The fourth-order valence-electron chi connectivity index (χ4n) is 1.92. The van der Waals surface area contributed by atoms with Crippen LogP contribution in [0.25, 0.3) is 0 Å². The highest BCUT2D eigenvalue weighted by Gasteiger charge is 2.61. The van der Waals surface area contributed by atoms with E-state index in [-0.39, 0.29) is 5.41 Å². The molecule has 2 unspecified atom stereocenters. The number of hydrogen-bond acceptors (Lipinski definition) is 4. The van der Waals surface area contributed by atoms with E-state index in [0.29, 0.717) is 0 Å². The number of benzene rings is 1. The molecule has 0 bridgehead atoms. The second-order valence-electron chi connectivity index (χ2n) is 4.91. The van der Waals surface area contributed by atoms with Gasteiger partial charge in [-0.05, 0) is 31.0 Å². The lowest BCUT2D eigenvalue weighted by Crippen LogP contribution is -2.43. The predicted molar refractivity (Wildman–Crippen MR) is 74.1 cm³/mol. The third-order valence-corrected chi connectivity index (χ3v) is 3.76. The van der Waals surface area contributed by atoms with Gasteiger partial charge in [0.1, 0.15) is 0 Å². The summed E-state index contributed by atoms with van der Waals surface area (Å²) in [7, 11) is 0. The number of urea groups is 1. The standard InChI is InChI=1S/C11H13ClO.CH6N4O/c1-10(7-11(10,2)13)8-3-5-9(12)6-4-8;2-4-1(6)5-3/h3-6,13H,7H2,1-2H3;2-3H2,(H2,4,5,6). The van der Waals surface area contributed by atoms with Crippen LogP contribution in [0.15, 0.2) is 24.3 Å². The lowest BCUT2D eigenvalue weighted by molar-refractivity contribution is 0.145. The summed E-state index contributed by atoms with van der Waals surface area (Å²) in [5.41, 5.74) is 4.03. The molecule has 6 nitrogen and oxygen atoms in total. The van der Waals surface area contributed by atoms with Gasteiger partial charge < -0.3 is 5.11 Å². The van der Waals surface area contributed by atoms with Gasteiger partial charge in [0.15, 0.2) is 0 Å². The Bertz CT molecular complexity index is 444. The molecule has 1 saturated carbocycles. The van der Waals surface area contributed by atoms with Crippen molar-refractivity contribution in [2.45, 2.75) is 31.3 Å². The first kappa shape index (κ1) is 15.7. The van der Waals surface area contributed by atoms with Crippen LogP contribution < -0.4 is 22.5 Å². The molecule has 1 fully saturated rings. The van der Waals surface area contributed by atoms with Gasteiger partial charge in [-0.1, -0.05) is 30.7 Å². The van der Waals surface area contributed by atoms with Crippen LogP contribution in [0.1, 0.15) is 25.8 Å². The maximum Gasteiger partial charge on any atom is 0.343 e. The fraction of sp³-hybridized carbons (Fsp3) is 0.417. The number of amides is 2. The predicted octanol–water partition coefficient (Wildman–Crippen LogP) is 0.785. The van der Waals surface area contributed by atoms with Crippen molar-refractivity contribution < 1.29 is 9.90 Å². The van der Waals surface area contributed by atoms with Crippen molar-refractivity contribution >= 4 is 17.6 Å². The third-order valence-electron chi connectivity index (χ3n) is 3.51. The number of hydrazine groups is 2. The van der Waals surface area contributed by atoms with Crippen molar-refractivity contribution in [1.29, 1.82) is 0 Å². The Morgan fingerprint density at radius 3 is 1.95 bits per heavy atom. The number of carbonyl (C=O) groups is 1. The summed E-state index contributed by atoms with van der Waals surface area (Å²) < 4.78 is 0. The molecule has 2 atom stereocenters. The van der Waals surface area contributed by atoms with E-state index in [2.05, 4.69) is 18.6 Å². The molecule has 1 aliphatic carbocycles. The highest BCUT2D eigenvalue weighted by molar-refractivity contribution is 6.30. The quantitative estimate of drug-likeness (QED) is 0.298. The van der Waals surface area contributed by atoms with Crippen LogP contribution in [0.4, 0.5) is 4.79 Å². The number of nitrogens with one attached hydrogen (secondary N) is 2. The van der Waals surface area contributed by atoms with Gasteiger partial charge in [0, 0.05) is 10.4 Å². The van der Waals surface area contributed by atoms with E-state index in [4.69, 9.17) is 11.6 Å². The minimum Gasteiger partial charge on any atom is -0.389 e. The molecule has 2 amide bonds. The first-order chi connectivity index (χ1) is 8.76. The summed E-state index contributed by atoms with van der Waals surface area (Å²) in [5, 5.41) is 10.6. The van der Waals surface area contributed by atoms with E-state index < -0.39 is 11.6 Å². The highest BCUT2D eigenvalue weighted by atomic mass is 35.5. The zero-order chi connectivity index (χ0) is 14.7. The molecule has 1 aromatic rings. The van der Waals surface area contributed by atoms with Crippen LogP contribution in [0.2, 0.25) is 5.02 Å². The largest absolute Gasteiger partial charge is 0.389 e. The minimum atomic E-state index is -0.602. The Hall–Kier alpha value is -1.34. The Balaban J connectivity index is 0.000000258. The molecule has 1 aliphatic rings. The van der Waals surface area contributed by atoms with Crippen LogP contribution >= 0.6 is 11.6 Å². The third kappa shape index (κ3) is 3.57. The topological polar surface area (TPSA) is 113 Å². The number of nitrogens with two attached hydrogens (primary N) is 2. The monoisotopic (exact) mass is 286 g/mol. The molecular formula is C12H19ClN4O2. The van der Waals surface area contributed by atoms with Crippen LogP contribution in [-0.2, 0) is 5.41 Å². The van der Waals surface area contributed by atoms with Gasteiger partial charge in [-0.3, -0.25) is 10.9 Å². The molecular weight excluding hydrogens is 268 g/mol. The van der Waals surface area contributed by atoms with E-state index in [1.165, 1.54) is 5.56 Å². The Labute approximate surface area is 117 Å². The molecule has 0 spiro atoms. The average Bonchev–Trinajstić information content (AvgIpc) is 2.90. The SMILES string of the molecule is CC1(O)CC1(C)c1ccc(Cl)cc1.NNC(=O)NN. The number of halogens is 1. The van der Waals surface area contributed by atoms with Gasteiger partial charge in [0.05, 0.1) is 5.60 Å². The van der Waals surface area contributed by atoms with E-state index in [1.807, 2.05) is 31.2 Å². The fourth-order valence-corrected chi connectivity index (χ4v) is 2.04. The summed E-state index contributed by atoms with van der Waals surface area (Å²) >= 11 is 5.79. The van der Waals surface area contributed by atoms with Gasteiger partial charge in [0.25, 0.3) is 0 Å². The molecule has 19 heavy (non-hydrogen) atoms. The van der Waals surface area contributed by atoms with Gasteiger partial charge in [-0.2, -0.15) is 0 Å². The molecule has 1 aromatic carbocycles. The second kappa shape index (κ2) is 5.75. The van der Waals surface area contributed by atoms with Crippen LogP contribution in [0, 0.1) is 0 Å². The Kier molecular flexibility index (Phi) is 4.75. The molecule has 106 valence electrons. The van der Waals surface area contributed by atoms with Crippen LogP contribution in [-0.4, -0.2) is 16.7 Å². The molecule has 0 aromatic heterocycles. The highest BCUT2D eigenvalue weighted by Crippen LogP contribution is 2.56. The van der Waals surface area contributed by atoms with Crippen LogP contribution in [0.3, 0.4) is 0 Å². The maximum absolute atomic E-state index is 9.84. The number of rotatable bonds is 1. The Morgan fingerprint density at radius 2 is 1.68 bits per heavy atom. The molecule has 0 aliphatic heterocycles. The average molecular weight is 287 g/mol. The van der Waals surface area contributed by atoms with Gasteiger partial charge in [-0.25, -0.2) is 16.5 Å². The van der Waals surface area contributed by atoms with Crippen molar-refractivity contribution in [1.82, 2.24) is 10.9 Å². The molecule has 7 heteroatoms. The van der Waals surface area contributed by atoms with Gasteiger partial charge in [0.2, 0.25) is 0 Å². The molecule has 0 radical (unpaired) electrons. The number of aliphatic hydroxyl groups is 1. The zero-order valence-corrected chi connectivity index (χ0v) is 11.7. The molecule has 2 rings (SSSR count). The van der Waals surface area contributed by atoms with Crippen molar-refractivity contribution in [2.75, 3.05) is 0 Å². The normalized spacial score (nSPS) is 27.9. The lowest BCUT2D eigenvalue weighted by Gasteiger charge is -2.13. The first-order valence-corrected chi connectivity index (χ1v) is 6.10. The number of hydrogen-bond donors (Lipinski definition) is 5. The lowest BCUT2D eigenvalue weighted by atomic mass is 9.95. The number of carbonyl (C=O) groups excluding carboxylic acids is 1. The van der Waals surface area contributed by atoms with Crippen molar-refractivity contribution in [2.24, 2.45) is 11.7 Å². The summed E-state index contributed by atoms with van der Waals surface area (Å²) in [6.07, 6.45) is 0.835. The Morgan fingerprint density at radius 1 is 1.26 bits per heavy atom. The summed E-state index contributed by atoms with van der Waals surface area (Å²) in [4.78, 5) is 9.71. The van der Waals surface area contributed by atoms with Gasteiger partial charge >= 0.3 is 6.03 Å². The molecule has 7 N–H and O–H groups in total. The van der Waals surface area contributed by atoms with Crippen molar-refractivity contribution in [3.63, 3.8) is 0 Å². The zero-order valence-electron chi connectivity index (χ0n) is 10.9. The van der Waals surface area contributed by atoms with E-state index in [9.17, 15) is 9.90 Å². The minimum absolute atomic E-state index is 0.0718. The van der Waals surface area contributed by atoms with E-state index >= 15 is 0 Å². The van der Waals surface area contributed by atoms with Crippen molar-refractivity contribution in [3.8, 4) is 0 Å². The molecule has 0 heterocycles. The van der Waals surface area contributed by atoms with Crippen LogP contribution in [0.5, 0.6) is 0 Å². The second-order valence-corrected chi connectivity index (χ2v) is 5.34. The summed E-state index contributed by atoms with van der Waals surface area (Å²) in [6.45, 7) is 3.96. The van der Waals surface area contributed by atoms with E-state index in [0.717, 1.165) is 11.4 Å². The van der Waals surface area contributed by atoms with Crippen molar-refractivity contribution in [3.05, 3.63) is 34.9 Å². The van der Waals surface area contributed by atoms with E-state index in [1.54, 1.807) is 10.9 Å².